The smallest absolute Gasteiger partial charge is 0.314 e. The molecule has 0 unspecified atom stereocenters. The fraction of sp³-hybridized carbons (Fsp3) is 0.250. The van der Waals surface area contributed by atoms with Crippen molar-refractivity contribution in [1.82, 2.24) is 4.98 Å². The Morgan fingerprint density at radius 1 is 1.15 bits per heavy atom. The molecule has 0 radical (unpaired) electrons. The highest BCUT2D eigenvalue weighted by Crippen LogP contribution is 2.27. The summed E-state index contributed by atoms with van der Waals surface area (Å²) in [7, 11) is 0. The summed E-state index contributed by atoms with van der Waals surface area (Å²) in [5.41, 5.74) is 2.14. The van der Waals surface area contributed by atoms with Crippen LogP contribution in [0.5, 0.6) is 5.75 Å². The van der Waals surface area contributed by atoms with Gasteiger partial charge in [0.05, 0.1) is 17.6 Å². The van der Waals surface area contributed by atoms with Gasteiger partial charge in [0.1, 0.15) is 11.3 Å². The number of esters is 1. The van der Waals surface area contributed by atoms with Gasteiger partial charge in [0, 0.05) is 13.1 Å². The number of carbonyl (C=O) groups is 1. The van der Waals surface area contributed by atoms with Gasteiger partial charge in [-0.2, -0.15) is 10.2 Å². The molecule has 2 aromatic carbocycles. The maximum atomic E-state index is 12.4. The summed E-state index contributed by atoms with van der Waals surface area (Å²) in [5, 5.41) is 8.80. The van der Waals surface area contributed by atoms with E-state index in [-0.39, 0.29) is 11.9 Å². The van der Waals surface area contributed by atoms with Crippen molar-refractivity contribution in [3.63, 3.8) is 0 Å². The van der Waals surface area contributed by atoms with E-state index in [1.807, 2.05) is 30.3 Å². The number of aromatic nitrogens is 1. The van der Waals surface area contributed by atoms with Crippen LogP contribution >= 0.6 is 0 Å². The van der Waals surface area contributed by atoms with Gasteiger partial charge in [-0.05, 0) is 49.2 Å². The van der Waals surface area contributed by atoms with Crippen LogP contribution in [0.4, 0.5) is 6.01 Å². The number of ether oxygens (including phenoxy) is 1. The molecule has 0 bridgehead atoms. The third-order valence-corrected chi connectivity index (χ3v) is 4.58. The summed E-state index contributed by atoms with van der Waals surface area (Å²) in [6, 6.07) is 16.9. The van der Waals surface area contributed by atoms with Gasteiger partial charge in [0.15, 0.2) is 5.58 Å². The first-order valence-electron chi connectivity index (χ1n) is 8.55. The summed E-state index contributed by atoms with van der Waals surface area (Å²) >= 11 is 0. The quantitative estimate of drug-likeness (QED) is 0.533. The van der Waals surface area contributed by atoms with Crippen LogP contribution in [0.2, 0.25) is 0 Å². The zero-order chi connectivity index (χ0) is 17.9. The van der Waals surface area contributed by atoms with Gasteiger partial charge in [0.25, 0.3) is 6.01 Å². The van der Waals surface area contributed by atoms with E-state index in [4.69, 9.17) is 14.4 Å². The van der Waals surface area contributed by atoms with E-state index >= 15 is 0 Å². The Kier molecular flexibility index (Phi) is 4.28. The molecule has 130 valence electrons. The number of fused-ring (bicyclic) bond motifs is 1. The third kappa shape index (κ3) is 3.24. The Labute approximate surface area is 150 Å². The number of nitriles is 1. The summed E-state index contributed by atoms with van der Waals surface area (Å²) < 4.78 is 11.2. The lowest BCUT2D eigenvalue weighted by Gasteiger charge is -2.29. The van der Waals surface area contributed by atoms with E-state index in [2.05, 4.69) is 9.88 Å². The Bertz CT molecular complexity index is 931. The molecule has 1 aliphatic rings. The van der Waals surface area contributed by atoms with Crippen LogP contribution in [0.1, 0.15) is 18.4 Å². The molecular weight excluding hydrogens is 330 g/mol. The highest BCUT2D eigenvalue weighted by atomic mass is 16.5. The number of para-hydroxylation sites is 2. The number of nitrogens with zero attached hydrogens (tertiary/aromatic N) is 3. The Hall–Kier alpha value is -3.33. The number of piperidine rings is 1. The van der Waals surface area contributed by atoms with Crippen LogP contribution in [0, 0.1) is 17.2 Å². The maximum Gasteiger partial charge on any atom is 0.314 e. The molecule has 2 heterocycles. The topological polar surface area (TPSA) is 79.4 Å². The van der Waals surface area contributed by atoms with E-state index in [0.717, 1.165) is 11.1 Å². The summed E-state index contributed by atoms with van der Waals surface area (Å²) in [6.07, 6.45) is 1.38. The Balaban J connectivity index is 1.36. The van der Waals surface area contributed by atoms with Gasteiger partial charge in [-0.25, -0.2) is 0 Å². The zero-order valence-electron chi connectivity index (χ0n) is 14.1. The lowest BCUT2D eigenvalue weighted by molar-refractivity contribution is -0.139. The molecular formula is C20H17N3O3. The number of hydrogen-bond acceptors (Lipinski definition) is 6. The molecule has 0 aliphatic carbocycles. The molecule has 26 heavy (non-hydrogen) atoms. The van der Waals surface area contributed by atoms with Crippen molar-refractivity contribution < 1.29 is 13.9 Å². The zero-order valence-corrected chi connectivity index (χ0v) is 14.1. The van der Waals surface area contributed by atoms with Crippen LogP contribution < -0.4 is 9.64 Å². The predicted octanol–water partition coefficient (Wildman–Crippen LogP) is 3.52. The van der Waals surface area contributed by atoms with Crippen molar-refractivity contribution >= 4 is 23.1 Å². The minimum atomic E-state index is -0.230. The molecule has 0 N–H and O–H groups in total. The number of rotatable bonds is 3. The molecule has 1 aliphatic heterocycles. The maximum absolute atomic E-state index is 12.4. The van der Waals surface area contributed by atoms with Crippen molar-refractivity contribution in [3.8, 4) is 11.8 Å². The number of benzene rings is 2. The molecule has 0 saturated carbocycles. The van der Waals surface area contributed by atoms with Crippen molar-refractivity contribution in [2.24, 2.45) is 5.92 Å². The average molecular weight is 347 g/mol. The molecule has 3 aromatic rings. The summed E-state index contributed by atoms with van der Waals surface area (Å²) in [5.74, 6) is 0.0913. The standard InChI is InChI=1S/C20H17N3O3/c21-13-14-5-7-16(8-6-14)25-19(24)15-9-11-23(12-10-15)20-22-17-3-1-2-4-18(17)26-20/h1-8,15H,9-12H2. The fourth-order valence-corrected chi connectivity index (χ4v) is 3.10. The van der Waals surface area contributed by atoms with E-state index in [1.165, 1.54) is 0 Å². The second kappa shape index (κ2) is 6.89. The average Bonchev–Trinajstić information content (AvgIpc) is 3.13. The second-order valence-corrected chi connectivity index (χ2v) is 6.28. The van der Waals surface area contributed by atoms with Crippen LogP contribution in [-0.4, -0.2) is 24.0 Å². The molecule has 1 aromatic heterocycles. The molecule has 1 fully saturated rings. The lowest BCUT2D eigenvalue weighted by atomic mass is 9.97. The third-order valence-electron chi connectivity index (χ3n) is 4.58. The van der Waals surface area contributed by atoms with Gasteiger partial charge in [-0.1, -0.05) is 12.1 Å². The van der Waals surface area contributed by atoms with E-state index in [9.17, 15) is 4.79 Å². The summed E-state index contributed by atoms with van der Waals surface area (Å²) in [6.45, 7) is 1.39. The molecule has 4 rings (SSSR count). The molecule has 0 amide bonds. The number of anilines is 1. The minimum Gasteiger partial charge on any atom is -0.426 e. The second-order valence-electron chi connectivity index (χ2n) is 6.28. The van der Waals surface area contributed by atoms with Gasteiger partial charge >= 0.3 is 5.97 Å². The largest absolute Gasteiger partial charge is 0.426 e. The van der Waals surface area contributed by atoms with E-state index in [1.54, 1.807) is 24.3 Å². The highest BCUT2D eigenvalue weighted by Gasteiger charge is 2.28. The minimum absolute atomic E-state index is 0.147. The Morgan fingerprint density at radius 2 is 1.88 bits per heavy atom. The van der Waals surface area contributed by atoms with Crippen LogP contribution in [0.15, 0.2) is 52.9 Å². The monoisotopic (exact) mass is 347 g/mol. The van der Waals surface area contributed by atoms with E-state index in [0.29, 0.717) is 43.3 Å². The molecule has 0 spiro atoms. The van der Waals surface area contributed by atoms with Gasteiger partial charge in [0.2, 0.25) is 0 Å². The lowest BCUT2D eigenvalue weighted by Crippen LogP contribution is -2.37. The molecule has 0 atom stereocenters. The van der Waals surface area contributed by atoms with Crippen LogP contribution in [0.25, 0.3) is 11.1 Å². The van der Waals surface area contributed by atoms with Gasteiger partial charge in [-0.3, -0.25) is 4.79 Å². The van der Waals surface area contributed by atoms with Crippen molar-refractivity contribution in [2.75, 3.05) is 18.0 Å². The highest BCUT2D eigenvalue weighted by molar-refractivity contribution is 5.76. The van der Waals surface area contributed by atoms with Crippen molar-refractivity contribution in [3.05, 3.63) is 54.1 Å². The first-order chi connectivity index (χ1) is 12.7. The van der Waals surface area contributed by atoms with Crippen LogP contribution in [-0.2, 0) is 4.79 Å². The first kappa shape index (κ1) is 16.2. The number of oxazole rings is 1. The van der Waals surface area contributed by atoms with E-state index < -0.39 is 0 Å². The van der Waals surface area contributed by atoms with Crippen LogP contribution in [0.3, 0.4) is 0 Å². The summed E-state index contributed by atoms with van der Waals surface area (Å²) in [4.78, 5) is 18.9. The molecule has 1 saturated heterocycles. The first-order valence-corrected chi connectivity index (χ1v) is 8.55. The Morgan fingerprint density at radius 3 is 2.58 bits per heavy atom. The number of carbonyl (C=O) groups excluding carboxylic acids is 1. The molecule has 6 heteroatoms. The molecule has 6 nitrogen and oxygen atoms in total. The van der Waals surface area contributed by atoms with Crippen molar-refractivity contribution in [2.45, 2.75) is 12.8 Å². The van der Waals surface area contributed by atoms with Gasteiger partial charge in [-0.15, -0.1) is 0 Å². The normalized spacial score (nSPS) is 15.0. The van der Waals surface area contributed by atoms with Gasteiger partial charge < -0.3 is 14.1 Å². The SMILES string of the molecule is N#Cc1ccc(OC(=O)C2CCN(c3nc4ccccc4o3)CC2)cc1. The van der Waals surface area contributed by atoms with Crippen molar-refractivity contribution in [1.29, 1.82) is 5.26 Å². The fourth-order valence-electron chi connectivity index (χ4n) is 3.10. The number of hydrogen-bond donors (Lipinski definition) is 0. The predicted molar refractivity (Wildman–Crippen MR) is 95.7 cm³/mol.